The number of hydrogen-bond acceptors (Lipinski definition) is 6. The second-order valence-corrected chi connectivity index (χ2v) is 10.7. The summed E-state index contributed by atoms with van der Waals surface area (Å²) >= 11 is 0. The maximum atomic E-state index is 13.9. The molecule has 2 aliphatic rings. The third-order valence-electron chi connectivity index (χ3n) is 6.63. The zero-order chi connectivity index (χ0) is 24.2. The molecule has 34 heavy (non-hydrogen) atoms. The minimum Gasteiger partial charge on any atom is -0.379 e. The number of nitrogens with zero attached hydrogens (tertiary/aromatic N) is 1. The molecule has 0 aliphatic carbocycles. The van der Waals surface area contributed by atoms with Crippen LogP contribution < -0.4 is 0 Å². The number of ketones is 1. The van der Waals surface area contributed by atoms with Gasteiger partial charge in [0.2, 0.25) is 10.0 Å². The van der Waals surface area contributed by atoms with Crippen molar-refractivity contribution in [3.05, 3.63) is 65.2 Å². The van der Waals surface area contributed by atoms with Gasteiger partial charge in [-0.05, 0) is 48.9 Å². The van der Waals surface area contributed by atoms with Gasteiger partial charge in [-0.25, -0.2) is 8.42 Å². The molecule has 0 amide bonds. The van der Waals surface area contributed by atoms with Gasteiger partial charge in [0.15, 0.2) is 5.78 Å². The number of Topliss-reactive ketones (excluding diaryl/α,β-unsaturated/α-hetero) is 1. The number of ether oxygens (including phenoxy) is 3. The highest BCUT2D eigenvalue weighted by atomic mass is 32.2. The van der Waals surface area contributed by atoms with Crippen LogP contribution in [0.25, 0.3) is 0 Å². The van der Waals surface area contributed by atoms with Crippen LogP contribution in [0, 0.1) is 6.92 Å². The van der Waals surface area contributed by atoms with Gasteiger partial charge in [-0.2, -0.15) is 4.31 Å². The van der Waals surface area contributed by atoms with Crippen LogP contribution >= 0.6 is 0 Å². The lowest BCUT2D eigenvalue weighted by Gasteiger charge is -2.38. The van der Waals surface area contributed by atoms with Gasteiger partial charge in [0, 0.05) is 25.1 Å². The van der Waals surface area contributed by atoms with Crippen molar-refractivity contribution >= 4 is 15.8 Å². The average Bonchev–Trinajstić information content (AvgIpc) is 2.88. The summed E-state index contributed by atoms with van der Waals surface area (Å²) < 4.78 is 45.5. The summed E-state index contributed by atoms with van der Waals surface area (Å²) in [6.45, 7) is 5.98. The van der Waals surface area contributed by atoms with E-state index in [2.05, 4.69) is 6.92 Å². The monoisotopic (exact) mass is 487 g/mol. The van der Waals surface area contributed by atoms with E-state index in [4.69, 9.17) is 14.2 Å². The average molecular weight is 488 g/mol. The van der Waals surface area contributed by atoms with Crippen molar-refractivity contribution in [2.75, 3.05) is 39.5 Å². The number of morpholine rings is 1. The Morgan fingerprint density at radius 1 is 1.03 bits per heavy atom. The predicted molar refractivity (Wildman–Crippen MR) is 128 cm³/mol. The molecule has 1 unspecified atom stereocenters. The van der Waals surface area contributed by atoms with E-state index in [1.165, 1.54) is 4.31 Å². The highest BCUT2D eigenvalue weighted by Crippen LogP contribution is 2.39. The number of rotatable bonds is 8. The first-order chi connectivity index (χ1) is 16.4. The molecule has 2 aliphatic heterocycles. The van der Waals surface area contributed by atoms with Crippen LogP contribution in [0.1, 0.15) is 48.8 Å². The normalized spacial score (nSPS) is 20.1. The van der Waals surface area contributed by atoms with E-state index in [1.807, 2.05) is 37.3 Å². The third kappa shape index (κ3) is 4.97. The molecule has 2 aromatic carbocycles. The van der Waals surface area contributed by atoms with Crippen LogP contribution in [-0.2, 0) is 34.8 Å². The molecule has 7 nitrogen and oxygen atoms in total. The van der Waals surface area contributed by atoms with Gasteiger partial charge >= 0.3 is 0 Å². The molecule has 2 fully saturated rings. The van der Waals surface area contributed by atoms with Crippen LogP contribution in [0.3, 0.4) is 0 Å². The molecular formula is C26H33NO6S. The molecular weight excluding hydrogens is 454 g/mol. The first kappa shape index (κ1) is 25.0. The van der Waals surface area contributed by atoms with Crippen molar-refractivity contribution < 1.29 is 27.4 Å². The van der Waals surface area contributed by atoms with Gasteiger partial charge in [-0.3, -0.25) is 4.79 Å². The summed E-state index contributed by atoms with van der Waals surface area (Å²) in [6.07, 6.45) is 1.70. The highest BCUT2D eigenvalue weighted by Gasteiger charge is 2.46. The summed E-state index contributed by atoms with van der Waals surface area (Å²) in [5.41, 5.74) is 2.31. The van der Waals surface area contributed by atoms with Gasteiger partial charge in [0.25, 0.3) is 5.79 Å². The molecule has 2 aromatic rings. The lowest BCUT2D eigenvalue weighted by molar-refractivity contribution is -0.261. The lowest BCUT2D eigenvalue weighted by atomic mass is 9.86. The molecule has 2 saturated heterocycles. The maximum absolute atomic E-state index is 13.9. The SMILES string of the molecule is CCC(CC(=O)C1(c2cc(S(=O)(=O)N3CCOCC3)ccc2C)OCCCO1)c1ccccc1. The minimum atomic E-state index is -3.73. The number of sulfonamides is 1. The van der Waals surface area contributed by atoms with Crippen molar-refractivity contribution in [2.24, 2.45) is 0 Å². The van der Waals surface area contributed by atoms with Gasteiger partial charge in [0.05, 0.1) is 31.3 Å². The van der Waals surface area contributed by atoms with Crippen molar-refractivity contribution in [1.82, 2.24) is 4.31 Å². The molecule has 0 spiro atoms. The number of hydrogen-bond donors (Lipinski definition) is 0. The van der Waals surface area contributed by atoms with E-state index in [1.54, 1.807) is 18.2 Å². The van der Waals surface area contributed by atoms with Crippen molar-refractivity contribution in [3.8, 4) is 0 Å². The van der Waals surface area contributed by atoms with Gasteiger partial charge in [-0.15, -0.1) is 0 Å². The summed E-state index contributed by atoms with van der Waals surface area (Å²) in [5, 5.41) is 0. The molecule has 184 valence electrons. The molecule has 8 heteroatoms. The topological polar surface area (TPSA) is 82.1 Å². The Hall–Kier alpha value is -2.10. The Morgan fingerprint density at radius 3 is 2.35 bits per heavy atom. The van der Waals surface area contributed by atoms with E-state index < -0.39 is 15.8 Å². The Balaban J connectivity index is 1.71. The fraction of sp³-hybridized carbons (Fsp3) is 0.500. The third-order valence-corrected chi connectivity index (χ3v) is 8.53. The molecule has 0 radical (unpaired) electrons. The maximum Gasteiger partial charge on any atom is 0.256 e. The molecule has 4 rings (SSSR count). The number of carbonyl (C=O) groups excluding carboxylic acids is 1. The van der Waals surface area contributed by atoms with Crippen molar-refractivity contribution in [3.63, 3.8) is 0 Å². The van der Waals surface area contributed by atoms with E-state index in [0.29, 0.717) is 51.5 Å². The van der Waals surface area contributed by atoms with Gasteiger partial charge in [0.1, 0.15) is 0 Å². The van der Waals surface area contributed by atoms with Crippen molar-refractivity contribution in [2.45, 2.75) is 49.7 Å². The summed E-state index contributed by atoms with van der Waals surface area (Å²) in [5.74, 6) is -1.78. The fourth-order valence-corrected chi connectivity index (χ4v) is 6.07. The van der Waals surface area contributed by atoms with Crippen LogP contribution in [0.2, 0.25) is 0 Å². The van der Waals surface area contributed by atoms with Crippen LogP contribution in [0.4, 0.5) is 0 Å². The zero-order valence-electron chi connectivity index (χ0n) is 19.9. The van der Waals surface area contributed by atoms with Gasteiger partial charge in [-0.1, -0.05) is 43.3 Å². The standard InChI is InChI=1S/C26H33NO6S/c1-3-21(22-8-5-4-6-9-22)18-25(28)26(32-14-7-15-33-26)24-19-23(11-10-20(24)2)34(29,30)27-12-16-31-17-13-27/h4-6,8-11,19,21H,3,7,12-18H2,1-2H3. The first-order valence-corrected chi connectivity index (χ1v) is 13.4. The molecule has 0 N–H and O–H groups in total. The first-order valence-electron chi connectivity index (χ1n) is 11.9. The molecule has 0 saturated carbocycles. The summed E-state index contributed by atoms with van der Waals surface area (Å²) in [6, 6.07) is 14.8. The molecule has 2 heterocycles. The number of carbonyl (C=O) groups is 1. The quantitative estimate of drug-likeness (QED) is 0.564. The Kier molecular flexibility index (Phi) is 7.84. The van der Waals surface area contributed by atoms with Crippen LogP contribution in [0.5, 0.6) is 0 Å². The largest absolute Gasteiger partial charge is 0.379 e. The second-order valence-electron chi connectivity index (χ2n) is 8.80. The highest BCUT2D eigenvalue weighted by molar-refractivity contribution is 7.89. The van der Waals surface area contributed by atoms with E-state index in [9.17, 15) is 13.2 Å². The molecule has 0 bridgehead atoms. The Morgan fingerprint density at radius 2 is 1.71 bits per heavy atom. The van der Waals surface area contributed by atoms with Crippen LogP contribution in [-0.4, -0.2) is 58.0 Å². The smallest absolute Gasteiger partial charge is 0.256 e. The fourth-order valence-electron chi connectivity index (χ4n) is 4.63. The minimum absolute atomic E-state index is 0.0141. The Labute approximate surface area is 202 Å². The van der Waals surface area contributed by atoms with Crippen molar-refractivity contribution in [1.29, 1.82) is 0 Å². The Bertz CT molecular complexity index is 1090. The predicted octanol–water partition coefficient (Wildman–Crippen LogP) is 3.76. The number of benzene rings is 2. The number of aryl methyl sites for hydroxylation is 1. The second kappa shape index (κ2) is 10.7. The van der Waals surface area contributed by atoms with Crippen LogP contribution in [0.15, 0.2) is 53.4 Å². The zero-order valence-corrected chi connectivity index (χ0v) is 20.7. The summed E-state index contributed by atoms with van der Waals surface area (Å²) in [4.78, 5) is 14.0. The van der Waals surface area contributed by atoms with E-state index in [0.717, 1.165) is 17.5 Å². The summed E-state index contributed by atoms with van der Waals surface area (Å²) in [7, 11) is -3.73. The lowest BCUT2D eigenvalue weighted by Crippen LogP contribution is -2.46. The molecule has 0 aromatic heterocycles. The van der Waals surface area contributed by atoms with E-state index in [-0.39, 0.29) is 23.0 Å². The molecule has 1 atom stereocenters. The van der Waals surface area contributed by atoms with E-state index >= 15 is 0 Å². The van der Waals surface area contributed by atoms with Gasteiger partial charge < -0.3 is 14.2 Å².